The molecular weight excluding hydrogens is 467 g/mol. The van der Waals surface area contributed by atoms with Crippen molar-refractivity contribution in [2.24, 2.45) is 46.3 Å². The van der Waals surface area contributed by atoms with Crippen LogP contribution in [0.4, 0.5) is 0 Å². The van der Waals surface area contributed by atoms with Crippen molar-refractivity contribution in [3.05, 3.63) is 11.6 Å². The van der Waals surface area contributed by atoms with Crippen LogP contribution < -0.4 is 0 Å². The molecule has 4 rings (SSSR count). The summed E-state index contributed by atoms with van der Waals surface area (Å²) >= 11 is 2.13. The van der Waals surface area contributed by atoms with E-state index in [9.17, 15) is 0 Å². The first-order valence-corrected chi connectivity index (χ1v) is 13.6. The van der Waals surface area contributed by atoms with Gasteiger partial charge in [-0.15, -0.1) is 0 Å². The highest BCUT2D eigenvalue weighted by atomic mass is 127. The first kappa shape index (κ1) is 22.6. The number of rotatable bonds is 6. The molecule has 0 bridgehead atoms. The first-order chi connectivity index (χ1) is 13.8. The predicted molar refractivity (Wildman–Crippen MR) is 132 cm³/mol. The normalized spacial score (nSPS) is 45.3. The molecule has 0 spiro atoms. The summed E-state index contributed by atoms with van der Waals surface area (Å²) in [5.74, 6) is 5.62. The minimum atomic E-state index is 0.461. The molecule has 3 unspecified atom stereocenters. The first-order valence-electron chi connectivity index (χ1n) is 12.8. The van der Waals surface area contributed by atoms with Gasteiger partial charge in [-0.1, -0.05) is 65.5 Å². The minimum absolute atomic E-state index is 0.461. The summed E-state index contributed by atoms with van der Waals surface area (Å²) in [5.41, 5.74) is 2.84. The van der Waals surface area contributed by atoms with Gasteiger partial charge in [-0.3, -0.25) is 0 Å². The van der Waals surface area contributed by atoms with E-state index >= 15 is 0 Å². The highest BCUT2D eigenvalue weighted by Gasteiger charge is 2.59. The maximum atomic E-state index is 5.72. The van der Waals surface area contributed by atoms with E-state index in [-0.39, 0.29) is 0 Å². The molecule has 0 aromatic heterocycles. The summed E-state index contributed by atoms with van der Waals surface area (Å²) in [6, 6.07) is 0. The Morgan fingerprint density at radius 1 is 1.03 bits per heavy atom. The van der Waals surface area contributed by atoms with Crippen LogP contribution in [0.5, 0.6) is 0 Å². The number of fused-ring (bicyclic) bond motifs is 5. The highest BCUT2D eigenvalue weighted by Crippen LogP contribution is 2.67. The zero-order chi connectivity index (χ0) is 20.8. The Bertz CT molecular complexity index is 612. The molecule has 3 fully saturated rings. The van der Waals surface area contributed by atoms with Crippen LogP contribution in [0.2, 0.25) is 0 Å². The van der Waals surface area contributed by atoms with Crippen LogP contribution in [0.1, 0.15) is 105 Å². The molecule has 0 aromatic carbocycles. The molecule has 0 saturated heterocycles. The van der Waals surface area contributed by atoms with E-state index in [4.69, 9.17) is 3.07 Å². The lowest BCUT2D eigenvalue weighted by Gasteiger charge is -2.58. The standard InChI is InChI=1S/C27H45IO/c1-18(2)7-6-8-19(3)23-11-12-24-22-10-9-20-17-21(29-28)13-15-26(20,4)25(22)14-16-27(23,24)5/h9,18-19,21-25H,6-8,10-17H2,1-5H3/t19-,21+,22?,23-,24?,25?,26+,27-/m1/s1. The summed E-state index contributed by atoms with van der Waals surface area (Å²) in [4.78, 5) is 0. The number of allylic oxidation sites excluding steroid dienone is 1. The molecule has 0 N–H and O–H groups in total. The Kier molecular flexibility index (Phi) is 6.83. The lowest BCUT2D eigenvalue weighted by atomic mass is 9.47. The van der Waals surface area contributed by atoms with Crippen LogP contribution >= 0.6 is 23.0 Å². The Balaban J connectivity index is 1.48. The third-order valence-electron chi connectivity index (χ3n) is 10.4. The molecule has 4 aliphatic carbocycles. The monoisotopic (exact) mass is 512 g/mol. The minimum Gasteiger partial charge on any atom is -0.312 e. The van der Waals surface area contributed by atoms with Gasteiger partial charge in [0.05, 0.1) is 6.10 Å². The molecule has 0 amide bonds. The molecule has 0 radical (unpaired) electrons. The van der Waals surface area contributed by atoms with E-state index in [1.165, 1.54) is 70.6 Å². The maximum Gasteiger partial charge on any atom is 0.110 e. The fourth-order valence-electron chi connectivity index (χ4n) is 8.73. The molecular formula is C27H45IO. The zero-order valence-corrected chi connectivity index (χ0v) is 21.8. The van der Waals surface area contributed by atoms with E-state index in [0.29, 0.717) is 16.9 Å². The van der Waals surface area contributed by atoms with E-state index in [1.54, 1.807) is 5.57 Å². The molecule has 3 saturated carbocycles. The van der Waals surface area contributed by atoms with Crippen molar-refractivity contribution in [2.45, 2.75) is 111 Å². The molecule has 0 heterocycles. The molecule has 4 aliphatic rings. The van der Waals surface area contributed by atoms with Gasteiger partial charge in [-0.05, 0) is 97.7 Å². The van der Waals surface area contributed by atoms with Crippen LogP contribution in [-0.4, -0.2) is 6.10 Å². The second kappa shape index (κ2) is 8.75. The molecule has 29 heavy (non-hydrogen) atoms. The highest BCUT2D eigenvalue weighted by molar-refractivity contribution is 14.1. The molecule has 0 aliphatic heterocycles. The van der Waals surface area contributed by atoms with Crippen molar-refractivity contribution in [3.8, 4) is 0 Å². The van der Waals surface area contributed by atoms with Crippen LogP contribution in [-0.2, 0) is 3.07 Å². The average molecular weight is 513 g/mol. The predicted octanol–water partition coefficient (Wildman–Crippen LogP) is 8.76. The molecule has 1 nitrogen and oxygen atoms in total. The average Bonchev–Trinajstić information content (AvgIpc) is 3.04. The molecule has 2 heteroatoms. The molecule has 166 valence electrons. The third-order valence-corrected chi connectivity index (χ3v) is 11.1. The zero-order valence-electron chi connectivity index (χ0n) is 19.7. The van der Waals surface area contributed by atoms with Gasteiger partial charge in [0, 0.05) is 0 Å². The van der Waals surface area contributed by atoms with Crippen molar-refractivity contribution in [1.82, 2.24) is 0 Å². The molecule has 0 aromatic rings. The maximum absolute atomic E-state index is 5.72. The number of halogens is 1. The van der Waals surface area contributed by atoms with Crippen LogP contribution in [0.3, 0.4) is 0 Å². The van der Waals surface area contributed by atoms with Crippen molar-refractivity contribution in [1.29, 1.82) is 0 Å². The summed E-state index contributed by atoms with van der Waals surface area (Å²) in [6.07, 6.45) is 18.6. The smallest absolute Gasteiger partial charge is 0.110 e. The second-order valence-electron chi connectivity index (χ2n) is 12.2. The Hall–Kier alpha value is 0.430. The fourth-order valence-corrected chi connectivity index (χ4v) is 9.16. The van der Waals surface area contributed by atoms with Gasteiger partial charge >= 0.3 is 0 Å². The fraction of sp³-hybridized carbons (Fsp3) is 0.926. The second-order valence-corrected chi connectivity index (χ2v) is 12.8. The number of hydrogen-bond acceptors (Lipinski definition) is 1. The van der Waals surface area contributed by atoms with Gasteiger partial charge in [0.15, 0.2) is 0 Å². The Labute approximate surface area is 194 Å². The Morgan fingerprint density at radius 3 is 2.55 bits per heavy atom. The van der Waals surface area contributed by atoms with Crippen molar-refractivity contribution >= 4 is 23.0 Å². The van der Waals surface area contributed by atoms with Crippen molar-refractivity contribution in [3.63, 3.8) is 0 Å². The van der Waals surface area contributed by atoms with Gasteiger partial charge in [0.1, 0.15) is 23.0 Å². The van der Waals surface area contributed by atoms with Gasteiger partial charge in [0.25, 0.3) is 0 Å². The molecule has 8 atom stereocenters. The Morgan fingerprint density at radius 2 is 1.83 bits per heavy atom. The van der Waals surface area contributed by atoms with E-state index in [0.717, 1.165) is 35.5 Å². The van der Waals surface area contributed by atoms with Gasteiger partial charge < -0.3 is 3.07 Å². The largest absolute Gasteiger partial charge is 0.312 e. The quantitative estimate of drug-likeness (QED) is 0.255. The van der Waals surface area contributed by atoms with Gasteiger partial charge in [-0.2, -0.15) is 0 Å². The van der Waals surface area contributed by atoms with Crippen molar-refractivity contribution in [2.75, 3.05) is 0 Å². The topological polar surface area (TPSA) is 9.23 Å². The number of hydrogen-bond donors (Lipinski definition) is 0. The third kappa shape index (κ3) is 4.00. The van der Waals surface area contributed by atoms with Crippen molar-refractivity contribution < 1.29 is 3.07 Å². The summed E-state index contributed by atoms with van der Waals surface area (Å²) in [6.45, 7) is 12.7. The summed E-state index contributed by atoms with van der Waals surface area (Å²) in [7, 11) is 0. The lowest BCUT2D eigenvalue weighted by Crippen LogP contribution is -2.50. The van der Waals surface area contributed by atoms with Crippen LogP contribution in [0, 0.1) is 46.3 Å². The lowest BCUT2D eigenvalue weighted by molar-refractivity contribution is -0.0544. The van der Waals surface area contributed by atoms with E-state index in [2.05, 4.69) is 63.7 Å². The van der Waals surface area contributed by atoms with Crippen LogP contribution in [0.15, 0.2) is 11.6 Å². The summed E-state index contributed by atoms with van der Waals surface area (Å²) < 4.78 is 5.72. The van der Waals surface area contributed by atoms with E-state index < -0.39 is 0 Å². The summed E-state index contributed by atoms with van der Waals surface area (Å²) in [5, 5.41) is 0. The van der Waals surface area contributed by atoms with Gasteiger partial charge in [0.2, 0.25) is 0 Å². The van der Waals surface area contributed by atoms with Gasteiger partial charge in [-0.25, -0.2) is 0 Å². The SMILES string of the molecule is CC(C)CCC[C@@H](C)[C@H]1CCC2C3CC=C4C[C@@H](OI)CC[C@]4(C)C3CC[C@@]21C. The van der Waals surface area contributed by atoms with Crippen LogP contribution in [0.25, 0.3) is 0 Å². The van der Waals surface area contributed by atoms with E-state index in [1.807, 2.05) is 0 Å².